The molecule has 25 heavy (non-hydrogen) atoms. The number of rotatable bonds is 7. The van der Waals surface area contributed by atoms with Crippen molar-refractivity contribution < 1.29 is 14.3 Å². The summed E-state index contributed by atoms with van der Waals surface area (Å²) in [5.74, 6) is 0.265. The first kappa shape index (κ1) is 18.3. The van der Waals surface area contributed by atoms with E-state index in [2.05, 4.69) is 10.6 Å². The number of carbonyl (C=O) groups excluding carboxylic acids is 2. The molecule has 0 aliphatic carbocycles. The molecule has 2 amide bonds. The molecule has 2 aromatic rings. The minimum absolute atomic E-state index is 0.142. The first-order valence-electron chi connectivity index (χ1n) is 8.17. The highest BCUT2D eigenvalue weighted by Gasteiger charge is 2.05. The average Bonchev–Trinajstić information content (AvgIpc) is 2.65. The molecule has 0 saturated heterocycles. The Morgan fingerprint density at radius 2 is 1.80 bits per heavy atom. The number of carbonyl (C=O) groups is 2. The highest BCUT2D eigenvalue weighted by Crippen LogP contribution is 2.23. The summed E-state index contributed by atoms with van der Waals surface area (Å²) in [5, 5.41) is 5.38. The minimum atomic E-state index is -0.247. The van der Waals surface area contributed by atoms with Gasteiger partial charge in [-0.25, -0.2) is 0 Å². The van der Waals surface area contributed by atoms with Crippen LogP contribution in [0.3, 0.4) is 0 Å². The molecule has 0 atom stereocenters. The molecule has 2 rings (SSSR count). The van der Waals surface area contributed by atoms with Crippen LogP contribution in [-0.4, -0.2) is 25.5 Å². The Balaban J connectivity index is 2.00. The molecule has 0 radical (unpaired) electrons. The van der Waals surface area contributed by atoms with Gasteiger partial charge in [-0.3, -0.25) is 9.59 Å². The van der Waals surface area contributed by atoms with E-state index in [4.69, 9.17) is 4.74 Å². The molecule has 130 valence electrons. The lowest BCUT2D eigenvalue weighted by Crippen LogP contribution is -2.17. The number of para-hydroxylation sites is 2. The van der Waals surface area contributed by atoms with Crippen LogP contribution in [0.2, 0.25) is 0 Å². The van der Waals surface area contributed by atoms with Crippen molar-refractivity contribution in [3.8, 4) is 5.75 Å². The summed E-state index contributed by atoms with van der Waals surface area (Å²) in [7, 11) is 1.59. The fourth-order valence-corrected chi connectivity index (χ4v) is 2.14. The summed E-state index contributed by atoms with van der Waals surface area (Å²) in [6.45, 7) is 2.62. The van der Waals surface area contributed by atoms with Crippen LogP contribution in [0.4, 0.5) is 5.69 Å². The van der Waals surface area contributed by atoms with Crippen molar-refractivity contribution in [3.05, 3.63) is 65.7 Å². The number of hydrogen-bond donors (Lipinski definition) is 2. The lowest BCUT2D eigenvalue weighted by atomic mass is 10.1. The van der Waals surface area contributed by atoms with E-state index in [9.17, 15) is 9.59 Å². The number of anilines is 1. The molecular formula is C20H22N2O3. The largest absolute Gasteiger partial charge is 0.491 e. The van der Waals surface area contributed by atoms with Gasteiger partial charge in [0.1, 0.15) is 5.75 Å². The number of amides is 2. The Labute approximate surface area is 147 Å². The predicted octanol–water partition coefficient (Wildman–Crippen LogP) is 3.49. The number of hydrogen-bond acceptors (Lipinski definition) is 3. The summed E-state index contributed by atoms with van der Waals surface area (Å²) in [6, 6.07) is 14.3. The van der Waals surface area contributed by atoms with Crippen molar-refractivity contribution in [2.24, 2.45) is 0 Å². The number of benzene rings is 2. The van der Waals surface area contributed by atoms with Crippen LogP contribution < -0.4 is 15.4 Å². The van der Waals surface area contributed by atoms with Crippen LogP contribution in [0.15, 0.2) is 54.6 Å². The molecule has 0 aromatic heterocycles. The Morgan fingerprint density at radius 1 is 1.08 bits per heavy atom. The molecule has 0 aliphatic rings. The first-order chi connectivity index (χ1) is 12.1. The second-order valence-electron chi connectivity index (χ2n) is 5.37. The quantitative estimate of drug-likeness (QED) is 0.760. The number of ether oxygens (including phenoxy) is 1. The second-order valence-corrected chi connectivity index (χ2v) is 5.37. The first-order valence-corrected chi connectivity index (χ1v) is 8.17. The van der Waals surface area contributed by atoms with Crippen LogP contribution >= 0.6 is 0 Å². The standard InChI is InChI=1S/C20H22N2O3/c1-3-14-25-18-7-5-4-6-17(18)22-19(23)13-10-15-8-11-16(12-9-15)20(24)21-2/h4-13H,3,14H2,1-2H3,(H,21,24)(H,22,23)/b13-10+. The summed E-state index contributed by atoms with van der Waals surface area (Å²) in [6.07, 6.45) is 4.04. The zero-order valence-corrected chi connectivity index (χ0v) is 14.4. The minimum Gasteiger partial charge on any atom is -0.491 e. The molecule has 0 saturated carbocycles. The molecule has 5 heteroatoms. The van der Waals surface area contributed by atoms with E-state index >= 15 is 0 Å². The maximum Gasteiger partial charge on any atom is 0.251 e. The molecule has 0 bridgehead atoms. The average molecular weight is 338 g/mol. The molecule has 0 fully saturated rings. The van der Waals surface area contributed by atoms with E-state index in [-0.39, 0.29) is 11.8 Å². The SMILES string of the molecule is CCCOc1ccccc1NC(=O)/C=C/c1ccc(C(=O)NC)cc1. The van der Waals surface area contributed by atoms with Gasteiger partial charge < -0.3 is 15.4 Å². The molecule has 2 aromatic carbocycles. The van der Waals surface area contributed by atoms with Crippen LogP contribution in [0.5, 0.6) is 5.75 Å². The van der Waals surface area contributed by atoms with Gasteiger partial charge >= 0.3 is 0 Å². The fraction of sp³-hybridized carbons (Fsp3) is 0.200. The third-order valence-electron chi connectivity index (χ3n) is 3.43. The smallest absolute Gasteiger partial charge is 0.251 e. The van der Waals surface area contributed by atoms with Crippen molar-refractivity contribution in [1.82, 2.24) is 5.32 Å². The highest BCUT2D eigenvalue weighted by molar-refractivity contribution is 6.02. The molecule has 0 heterocycles. The zero-order valence-electron chi connectivity index (χ0n) is 14.4. The zero-order chi connectivity index (χ0) is 18.1. The van der Waals surface area contributed by atoms with E-state index in [1.165, 1.54) is 6.08 Å². The normalized spacial score (nSPS) is 10.5. The van der Waals surface area contributed by atoms with Crippen molar-refractivity contribution in [1.29, 1.82) is 0 Å². The Hall–Kier alpha value is -3.08. The van der Waals surface area contributed by atoms with E-state index in [0.29, 0.717) is 23.6 Å². The molecule has 0 spiro atoms. The van der Waals surface area contributed by atoms with Gasteiger partial charge in [0.15, 0.2) is 0 Å². The monoisotopic (exact) mass is 338 g/mol. The van der Waals surface area contributed by atoms with Gasteiger partial charge in [-0.1, -0.05) is 31.2 Å². The third-order valence-corrected chi connectivity index (χ3v) is 3.43. The maximum absolute atomic E-state index is 12.1. The van der Waals surface area contributed by atoms with Crippen molar-refractivity contribution >= 4 is 23.6 Å². The molecule has 0 aliphatic heterocycles. The predicted molar refractivity (Wildman–Crippen MR) is 99.7 cm³/mol. The summed E-state index contributed by atoms with van der Waals surface area (Å²) in [4.78, 5) is 23.6. The topological polar surface area (TPSA) is 67.4 Å². The van der Waals surface area contributed by atoms with Crippen molar-refractivity contribution in [3.63, 3.8) is 0 Å². The Kier molecular flexibility index (Phi) is 6.77. The van der Waals surface area contributed by atoms with E-state index in [1.54, 1.807) is 43.5 Å². The summed E-state index contributed by atoms with van der Waals surface area (Å²) in [5.41, 5.74) is 2.05. The van der Waals surface area contributed by atoms with E-state index in [0.717, 1.165) is 12.0 Å². The van der Waals surface area contributed by atoms with Crippen LogP contribution in [0, 0.1) is 0 Å². The van der Waals surface area contributed by atoms with Gasteiger partial charge in [-0.05, 0) is 42.3 Å². The van der Waals surface area contributed by atoms with Crippen LogP contribution in [0.1, 0.15) is 29.3 Å². The van der Waals surface area contributed by atoms with Gasteiger partial charge in [0, 0.05) is 18.7 Å². The van der Waals surface area contributed by atoms with Crippen LogP contribution in [-0.2, 0) is 4.79 Å². The van der Waals surface area contributed by atoms with Crippen molar-refractivity contribution in [2.75, 3.05) is 19.0 Å². The van der Waals surface area contributed by atoms with Gasteiger partial charge in [0.2, 0.25) is 5.91 Å². The van der Waals surface area contributed by atoms with Gasteiger partial charge in [-0.15, -0.1) is 0 Å². The molecule has 2 N–H and O–H groups in total. The van der Waals surface area contributed by atoms with Crippen LogP contribution in [0.25, 0.3) is 6.08 Å². The van der Waals surface area contributed by atoms with E-state index in [1.807, 2.05) is 25.1 Å². The third kappa shape index (κ3) is 5.49. The number of nitrogens with one attached hydrogen (secondary N) is 2. The molecule has 5 nitrogen and oxygen atoms in total. The Morgan fingerprint density at radius 3 is 2.48 bits per heavy atom. The highest BCUT2D eigenvalue weighted by atomic mass is 16.5. The van der Waals surface area contributed by atoms with Gasteiger partial charge in [0.25, 0.3) is 5.91 Å². The summed E-state index contributed by atoms with van der Waals surface area (Å²) >= 11 is 0. The molecular weight excluding hydrogens is 316 g/mol. The second kappa shape index (κ2) is 9.27. The fourth-order valence-electron chi connectivity index (χ4n) is 2.14. The lowest BCUT2D eigenvalue weighted by Gasteiger charge is -2.10. The lowest BCUT2D eigenvalue weighted by molar-refractivity contribution is -0.111. The molecule has 0 unspecified atom stereocenters. The Bertz CT molecular complexity index is 752. The van der Waals surface area contributed by atoms with E-state index < -0.39 is 0 Å². The summed E-state index contributed by atoms with van der Waals surface area (Å²) < 4.78 is 5.62. The van der Waals surface area contributed by atoms with Gasteiger partial charge in [0.05, 0.1) is 12.3 Å². The van der Waals surface area contributed by atoms with Crippen molar-refractivity contribution in [2.45, 2.75) is 13.3 Å². The maximum atomic E-state index is 12.1. The van der Waals surface area contributed by atoms with Gasteiger partial charge in [-0.2, -0.15) is 0 Å².